The van der Waals surface area contributed by atoms with Gasteiger partial charge in [-0.15, -0.1) is 0 Å². The van der Waals surface area contributed by atoms with E-state index in [4.69, 9.17) is 0 Å². The lowest BCUT2D eigenvalue weighted by Crippen LogP contribution is -2.15. The molecule has 0 amide bonds. The third kappa shape index (κ3) is 3.55. The molecule has 8 aromatic carbocycles. The zero-order valence-electron chi connectivity index (χ0n) is 27.9. The fourth-order valence-electron chi connectivity index (χ4n) is 9.22. The Labute approximate surface area is 282 Å². The van der Waals surface area contributed by atoms with Crippen LogP contribution >= 0.6 is 0 Å². The molecule has 0 saturated heterocycles. The van der Waals surface area contributed by atoms with Crippen molar-refractivity contribution < 1.29 is 0 Å². The van der Waals surface area contributed by atoms with Crippen molar-refractivity contribution in [1.82, 2.24) is 0 Å². The van der Waals surface area contributed by atoms with Gasteiger partial charge in [0.2, 0.25) is 0 Å². The molecule has 0 aliphatic heterocycles. The van der Waals surface area contributed by atoms with Crippen molar-refractivity contribution in [2.75, 3.05) is 0 Å². The normalized spacial score (nSPS) is 15.0. The van der Waals surface area contributed by atoms with E-state index in [0.717, 1.165) is 0 Å². The molecule has 0 heteroatoms. The molecule has 0 saturated carbocycles. The number of rotatable bonds is 2. The molecule has 0 bridgehead atoms. The first-order valence-corrected chi connectivity index (χ1v) is 17.2. The monoisotopic (exact) mass is 612 g/mol. The van der Waals surface area contributed by atoms with E-state index in [0.29, 0.717) is 0 Å². The summed E-state index contributed by atoms with van der Waals surface area (Å²) in [5.41, 5.74) is 16.2. The van der Waals surface area contributed by atoms with Crippen LogP contribution in [-0.2, 0) is 10.8 Å². The summed E-state index contributed by atoms with van der Waals surface area (Å²) in [6.07, 6.45) is 0. The fraction of sp³-hybridized carbons (Fsp3) is 0.125. The molecule has 0 spiro atoms. The maximum absolute atomic E-state index is 2.52. The summed E-state index contributed by atoms with van der Waals surface area (Å²) in [6.45, 7) is 9.54. The van der Waals surface area contributed by atoms with Crippen LogP contribution in [0.4, 0.5) is 0 Å². The van der Waals surface area contributed by atoms with Crippen LogP contribution in [0.5, 0.6) is 0 Å². The van der Waals surface area contributed by atoms with Crippen LogP contribution in [0.15, 0.2) is 146 Å². The van der Waals surface area contributed by atoms with Gasteiger partial charge in [-0.1, -0.05) is 161 Å². The first kappa shape index (κ1) is 27.6. The highest BCUT2D eigenvalue weighted by Gasteiger charge is 2.39. The van der Waals surface area contributed by atoms with E-state index in [-0.39, 0.29) is 10.8 Å². The average Bonchev–Trinajstić information content (AvgIpc) is 3.50. The predicted octanol–water partition coefficient (Wildman–Crippen LogP) is 13.1. The standard InChI is InChI=1S/C48H36/c1-47(2)41-20-12-11-18-37(41)38-23-21-30(27-43(38)47)31-24-25-36(34-16-8-7-15-33(31)34)40-28-44-46(39-19-10-9-17-35(39)40)45-32-14-6-5-13-29(32)22-26-42(45)48(44,3)4/h5-28H,1-4H3. The molecule has 2 aliphatic rings. The fourth-order valence-corrected chi connectivity index (χ4v) is 9.22. The van der Waals surface area contributed by atoms with Gasteiger partial charge >= 0.3 is 0 Å². The van der Waals surface area contributed by atoms with Crippen molar-refractivity contribution in [3.63, 3.8) is 0 Å². The lowest BCUT2D eigenvalue weighted by atomic mass is 9.79. The molecule has 0 heterocycles. The topological polar surface area (TPSA) is 0 Å². The molecule has 0 unspecified atom stereocenters. The molecule has 0 atom stereocenters. The van der Waals surface area contributed by atoms with Gasteiger partial charge in [0, 0.05) is 10.8 Å². The van der Waals surface area contributed by atoms with Crippen molar-refractivity contribution in [2.24, 2.45) is 0 Å². The molecular formula is C48H36. The average molecular weight is 613 g/mol. The summed E-state index contributed by atoms with van der Waals surface area (Å²) in [6, 6.07) is 54.9. The minimum absolute atomic E-state index is 0.0310. The van der Waals surface area contributed by atoms with Gasteiger partial charge in [-0.3, -0.25) is 0 Å². The zero-order valence-corrected chi connectivity index (χ0v) is 27.9. The van der Waals surface area contributed by atoms with Crippen molar-refractivity contribution >= 4 is 32.3 Å². The Morgan fingerprint density at radius 1 is 0.312 bits per heavy atom. The van der Waals surface area contributed by atoms with Crippen molar-refractivity contribution in [3.05, 3.63) is 168 Å². The van der Waals surface area contributed by atoms with E-state index in [1.54, 1.807) is 0 Å². The van der Waals surface area contributed by atoms with Crippen molar-refractivity contribution in [2.45, 2.75) is 38.5 Å². The van der Waals surface area contributed by atoms with Gasteiger partial charge in [0.15, 0.2) is 0 Å². The van der Waals surface area contributed by atoms with Gasteiger partial charge in [-0.25, -0.2) is 0 Å². The van der Waals surface area contributed by atoms with Crippen LogP contribution < -0.4 is 0 Å². The Balaban J connectivity index is 1.21. The van der Waals surface area contributed by atoms with E-state index >= 15 is 0 Å². The van der Waals surface area contributed by atoms with E-state index < -0.39 is 0 Å². The van der Waals surface area contributed by atoms with Crippen LogP contribution in [0.2, 0.25) is 0 Å². The van der Waals surface area contributed by atoms with Gasteiger partial charge in [-0.05, 0) is 111 Å². The number of hydrogen-bond donors (Lipinski definition) is 0. The molecule has 0 radical (unpaired) electrons. The highest BCUT2D eigenvalue weighted by atomic mass is 14.4. The molecular weight excluding hydrogens is 577 g/mol. The third-order valence-electron chi connectivity index (χ3n) is 11.7. The number of benzene rings is 8. The van der Waals surface area contributed by atoms with Crippen LogP contribution in [0, 0.1) is 0 Å². The zero-order chi connectivity index (χ0) is 32.4. The van der Waals surface area contributed by atoms with Gasteiger partial charge in [0.1, 0.15) is 0 Å². The van der Waals surface area contributed by atoms with E-state index in [9.17, 15) is 0 Å². The molecule has 0 aromatic heterocycles. The summed E-state index contributed by atoms with van der Waals surface area (Å²) in [4.78, 5) is 0. The molecule has 10 rings (SSSR count). The van der Waals surface area contributed by atoms with E-state index in [2.05, 4.69) is 173 Å². The summed E-state index contributed by atoms with van der Waals surface area (Å²) < 4.78 is 0. The summed E-state index contributed by atoms with van der Waals surface area (Å²) in [5, 5.41) is 7.87. The largest absolute Gasteiger partial charge is 0.0619 e. The Morgan fingerprint density at radius 3 is 1.65 bits per heavy atom. The van der Waals surface area contributed by atoms with Crippen LogP contribution in [0.1, 0.15) is 49.9 Å². The van der Waals surface area contributed by atoms with E-state index in [1.165, 1.54) is 99.1 Å². The Morgan fingerprint density at radius 2 is 0.854 bits per heavy atom. The highest BCUT2D eigenvalue weighted by Crippen LogP contribution is 2.56. The van der Waals surface area contributed by atoms with Crippen molar-refractivity contribution in [1.29, 1.82) is 0 Å². The Bertz CT molecular complexity index is 2660. The maximum atomic E-state index is 2.52. The van der Waals surface area contributed by atoms with Crippen molar-refractivity contribution in [3.8, 4) is 44.5 Å². The predicted molar refractivity (Wildman–Crippen MR) is 205 cm³/mol. The second-order valence-corrected chi connectivity index (χ2v) is 14.9. The van der Waals surface area contributed by atoms with Crippen LogP contribution in [-0.4, -0.2) is 0 Å². The molecule has 8 aromatic rings. The molecule has 48 heavy (non-hydrogen) atoms. The number of hydrogen-bond acceptors (Lipinski definition) is 0. The summed E-state index contributed by atoms with van der Waals surface area (Å²) >= 11 is 0. The minimum Gasteiger partial charge on any atom is -0.0619 e. The van der Waals surface area contributed by atoms with Crippen LogP contribution in [0.25, 0.3) is 76.8 Å². The maximum Gasteiger partial charge on any atom is 0.0159 e. The van der Waals surface area contributed by atoms with Gasteiger partial charge in [-0.2, -0.15) is 0 Å². The lowest BCUT2D eigenvalue weighted by Gasteiger charge is -2.24. The summed E-state index contributed by atoms with van der Waals surface area (Å²) in [5.74, 6) is 0. The SMILES string of the molecule is CC1(C)c2ccccc2-c2ccc(-c3ccc(-c4cc5c(c6ccccc46)-c4c(ccc6ccccc46)C5(C)C)c4ccccc34)cc21. The highest BCUT2D eigenvalue weighted by molar-refractivity contribution is 6.17. The van der Waals surface area contributed by atoms with Gasteiger partial charge in [0.25, 0.3) is 0 Å². The molecule has 2 aliphatic carbocycles. The Kier molecular flexibility index (Phi) is 5.50. The van der Waals surface area contributed by atoms with Crippen LogP contribution in [0.3, 0.4) is 0 Å². The molecule has 0 nitrogen and oxygen atoms in total. The third-order valence-corrected chi connectivity index (χ3v) is 11.7. The number of fused-ring (bicyclic) bond motifs is 11. The quantitative estimate of drug-likeness (QED) is 0.182. The molecule has 0 fully saturated rings. The molecule has 0 N–H and O–H groups in total. The Hall–Kier alpha value is -5.46. The lowest BCUT2D eigenvalue weighted by molar-refractivity contribution is 0.660. The second-order valence-electron chi connectivity index (χ2n) is 14.9. The summed E-state index contributed by atoms with van der Waals surface area (Å²) in [7, 11) is 0. The smallest absolute Gasteiger partial charge is 0.0159 e. The second kappa shape index (κ2) is 9.55. The van der Waals surface area contributed by atoms with E-state index in [1.807, 2.05) is 0 Å². The van der Waals surface area contributed by atoms with Gasteiger partial charge in [0.05, 0.1) is 0 Å². The first-order valence-electron chi connectivity index (χ1n) is 17.2. The minimum atomic E-state index is -0.113. The first-order chi connectivity index (χ1) is 23.3. The van der Waals surface area contributed by atoms with Gasteiger partial charge < -0.3 is 0 Å². The molecule has 228 valence electrons.